The van der Waals surface area contributed by atoms with Crippen LogP contribution in [0.4, 0.5) is 8.78 Å². The summed E-state index contributed by atoms with van der Waals surface area (Å²) in [6, 6.07) is 5.50. The molecule has 3 atom stereocenters. The van der Waals surface area contributed by atoms with Crippen LogP contribution in [0.3, 0.4) is 0 Å². The molecule has 1 saturated heterocycles. The first-order chi connectivity index (χ1) is 14.6. The van der Waals surface area contributed by atoms with E-state index in [4.69, 9.17) is 14.2 Å². The van der Waals surface area contributed by atoms with E-state index in [0.29, 0.717) is 48.5 Å². The second-order valence-electron chi connectivity index (χ2n) is 8.29. The minimum Gasteiger partial charge on any atom is -0.490 e. The Morgan fingerprint density at radius 1 is 1.33 bits per heavy atom. The normalized spacial score (nSPS) is 27.1. The van der Waals surface area contributed by atoms with Gasteiger partial charge in [0.25, 0.3) is 0 Å². The van der Waals surface area contributed by atoms with Gasteiger partial charge in [0.1, 0.15) is 0 Å². The molecule has 1 spiro atoms. The molecule has 3 unspecified atom stereocenters. The monoisotopic (exact) mass is 423 g/mol. The number of hydrogen-bond donors (Lipinski definition) is 2. The molecule has 1 aromatic rings. The summed E-state index contributed by atoms with van der Waals surface area (Å²) in [4.78, 5) is 4.38. The summed E-state index contributed by atoms with van der Waals surface area (Å²) in [5, 5.41) is 6.89. The first-order valence-corrected chi connectivity index (χ1v) is 10.9. The first kappa shape index (κ1) is 21.2. The molecule has 1 aliphatic heterocycles. The number of rotatable bonds is 7. The van der Waals surface area contributed by atoms with Crippen LogP contribution in [-0.4, -0.2) is 45.0 Å². The van der Waals surface area contributed by atoms with Crippen molar-refractivity contribution in [1.82, 2.24) is 10.6 Å². The van der Waals surface area contributed by atoms with E-state index < -0.39 is 6.61 Å². The van der Waals surface area contributed by atoms with Gasteiger partial charge in [0.2, 0.25) is 0 Å². The third-order valence-corrected chi connectivity index (χ3v) is 6.82. The quantitative estimate of drug-likeness (QED) is 0.517. The number of nitrogens with zero attached hydrogens (tertiary/aromatic N) is 1. The molecule has 4 rings (SSSR count). The van der Waals surface area contributed by atoms with Crippen molar-refractivity contribution in [2.24, 2.45) is 16.3 Å². The van der Waals surface area contributed by atoms with E-state index in [1.165, 1.54) is 25.7 Å². The maximum atomic E-state index is 13.0. The topological polar surface area (TPSA) is 64.1 Å². The van der Waals surface area contributed by atoms with E-state index in [0.717, 1.165) is 13.0 Å². The van der Waals surface area contributed by atoms with Gasteiger partial charge in [-0.2, -0.15) is 8.78 Å². The molecule has 1 aromatic carbocycles. The molecule has 30 heavy (non-hydrogen) atoms. The summed E-state index contributed by atoms with van der Waals surface area (Å²) in [6.07, 6.45) is 6.30. The van der Waals surface area contributed by atoms with Crippen molar-refractivity contribution in [3.63, 3.8) is 0 Å². The van der Waals surface area contributed by atoms with Gasteiger partial charge in [-0.15, -0.1) is 0 Å². The van der Waals surface area contributed by atoms with Crippen LogP contribution in [0.5, 0.6) is 11.5 Å². The fraction of sp³-hybridized carbons (Fsp3) is 0.682. The molecule has 1 heterocycles. The summed E-state index contributed by atoms with van der Waals surface area (Å²) >= 11 is 0. The van der Waals surface area contributed by atoms with Crippen LogP contribution >= 0.6 is 0 Å². The van der Waals surface area contributed by atoms with Gasteiger partial charge in [0, 0.05) is 43.1 Å². The summed E-state index contributed by atoms with van der Waals surface area (Å²) in [5.74, 6) is 1.56. The van der Waals surface area contributed by atoms with Gasteiger partial charge in [0.05, 0.1) is 12.7 Å². The predicted molar refractivity (Wildman–Crippen MR) is 110 cm³/mol. The Bertz CT molecular complexity index is 768. The zero-order valence-electron chi connectivity index (χ0n) is 17.6. The van der Waals surface area contributed by atoms with Crippen molar-refractivity contribution in [2.45, 2.75) is 64.3 Å². The molecule has 166 valence electrons. The molecular weight excluding hydrogens is 392 g/mol. The molecule has 2 saturated carbocycles. The number of fused-ring (bicyclic) bond motifs is 2. The highest BCUT2D eigenvalue weighted by Crippen LogP contribution is 2.60. The molecule has 6 nitrogen and oxygen atoms in total. The highest BCUT2D eigenvalue weighted by molar-refractivity contribution is 5.80. The average molecular weight is 424 g/mol. The minimum absolute atomic E-state index is 0.0671. The Morgan fingerprint density at radius 3 is 2.83 bits per heavy atom. The second-order valence-corrected chi connectivity index (χ2v) is 8.29. The van der Waals surface area contributed by atoms with Crippen LogP contribution in [-0.2, 0) is 11.3 Å². The molecule has 3 aliphatic rings. The van der Waals surface area contributed by atoms with Gasteiger partial charge in [-0.1, -0.05) is 25.0 Å². The number of alkyl halides is 2. The lowest BCUT2D eigenvalue weighted by Crippen LogP contribution is -2.69. The van der Waals surface area contributed by atoms with Gasteiger partial charge in [0.15, 0.2) is 17.5 Å². The molecular formula is C22H31F2N3O3. The highest BCUT2D eigenvalue weighted by atomic mass is 19.3. The summed E-state index contributed by atoms with van der Waals surface area (Å²) in [5.41, 5.74) is 0.799. The third kappa shape index (κ3) is 3.82. The van der Waals surface area contributed by atoms with Gasteiger partial charge in [-0.25, -0.2) is 0 Å². The van der Waals surface area contributed by atoms with Gasteiger partial charge in [-0.05, 0) is 32.3 Å². The smallest absolute Gasteiger partial charge is 0.387 e. The van der Waals surface area contributed by atoms with Crippen LogP contribution in [0.25, 0.3) is 0 Å². The number of halogens is 2. The zero-order chi connectivity index (χ0) is 21.1. The lowest BCUT2D eigenvalue weighted by atomic mass is 9.54. The Labute approximate surface area is 176 Å². The van der Waals surface area contributed by atoms with Crippen molar-refractivity contribution in [3.05, 3.63) is 23.8 Å². The van der Waals surface area contributed by atoms with E-state index in [1.807, 2.05) is 0 Å². The number of ether oxygens (including phenoxy) is 3. The van der Waals surface area contributed by atoms with Crippen molar-refractivity contribution in [1.29, 1.82) is 0 Å². The largest absolute Gasteiger partial charge is 0.490 e. The van der Waals surface area contributed by atoms with Crippen molar-refractivity contribution in [3.8, 4) is 11.5 Å². The van der Waals surface area contributed by atoms with Gasteiger partial charge < -0.3 is 24.8 Å². The van der Waals surface area contributed by atoms with Crippen LogP contribution in [0.1, 0.15) is 44.6 Å². The van der Waals surface area contributed by atoms with E-state index in [1.54, 1.807) is 32.2 Å². The van der Waals surface area contributed by atoms with Crippen LogP contribution in [0.15, 0.2) is 23.2 Å². The number of nitrogens with one attached hydrogen (secondary N) is 2. The number of aliphatic imine (C=N–C) groups is 1. The van der Waals surface area contributed by atoms with Crippen LogP contribution in [0, 0.1) is 11.3 Å². The molecule has 0 bridgehead atoms. The zero-order valence-corrected chi connectivity index (χ0v) is 17.6. The van der Waals surface area contributed by atoms with Crippen LogP contribution in [0.2, 0.25) is 0 Å². The fourth-order valence-corrected chi connectivity index (χ4v) is 5.62. The lowest BCUT2D eigenvalue weighted by molar-refractivity contribution is -0.125. The van der Waals surface area contributed by atoms with E-state index in [2.05, 4.69) is 15.6 Å². The molecule has 8 heteroatoms. The Hall–Kier alpha value is -2.09. The molecule has 0 radical (unpaired) electrons. The number of benzene rings is 1. The first-order valence-electron chi connectivity index (χ1n) is 10.9. The standard InChI is InChI=1S/C22H31F2N3O3/c1-3-28-16-8-6-7-14(17(16)30-20(23)24)13-26-21(25-2)27-18-15-9-12-29-19(15)22(18)10-4-5-11-22/h6-8,15,18-20H,3-5,9-13H2,1-2H3,(H2,25,26,27). The summed E-state index contributed by atoms with van der Waals surface area (Å²) < 4.78 is 42.2. The molecule has 2 aliphatic carbocycles. The van der Waals surface area contributed by atoms with Crippen molar-refractivity contribution in [2.75, 3.05) is 20.3 Å². The average Bonchev–Trinajstić information content (AvgIpc) is 3.39. The third-order valence-electron chi connectivity index (χ3n) is 6.82. The molecule has 2 N–H and O–H groups in total. The van der Waals surface area contributed by atoms with E-state index in [9.17, 15) is 8.78 Å². The lowest BCUT2D eigenvalue weighted by Gasteiger charge is -2.57. The summed E-state index contributed by atoms with van der Waals surface area (Å²) in [7, 11) is 1.73. The number of guanidine groups is 1. The Kier molecular flexibility index (Phi) is 6.32. The van der Waals surface area contributed by atoms with E-state index in [-0.39, 0.29) is 11.2 Å². The molecule has 0 amide bonds. The van der Waals surface area contributed by atoms with Gasteiger partial charge >= 0.3 is 6.61 Å². The number of hydrogen-bond acceptors (Lipinski definition) is 4. The predicted octanol–water partition coefficient (Wildman–Crippen LogP) is 3.70. The molecule has 0 aromatic heterocycles. The van der Waals surface area contributed by atoms with E-state index >= 15 is 0 Å². The maximum absolute atomic E-state index is 13.0. The second kappa shape index (κ2) is 8.96. The molecule has 3 fully saturated rings. The van der Waals surface area contributed by atoms with Gasteiger partial charge in [-0.3, -0.25) is 4.99 Å². The number of para-hydroxylation sites is 1. The van der Waals surface area contributed by atoms with Crippen molar-refractivity contribution < 1.29 is 23.0 Å². The highest BCUT2D eigenvalue weighted by Gasteiger charge is 2.65. The van der Waals surface area contributed by atoms with Crippen molar-refractivity contribution >= 4 is 5.96 Å². The Morgan fingerprint density at radius 2 is 2.13 bits per heavy atom. The minimum atomic E-state index is -2.92. The van der Waals surface area contributed by atoms with Crippen LogP contribution < -0.4 is 20.1 Å². The SMILES string of the molecule is CCOc1cccc(CNC(=NC)NC2C3CCOC3C23CCCC3)c1OC(F)F. The summed E-state index contributed by atoms with van der Waals surface area (Å²) in [6.45, 7) is 0.389. The fourth-order valence-electron chi connectivity index (χ4n) is 5.62. The Balaban J connectivity index is 1.45. The maximum Gasteiger partial charge on any atom is 0.387 e.